The number of carbonyl (C=O) groups is 1. The number of pyridine rings is 1. The fourth-order valence-corrected chi connectivity index (χ4v) is 3.97. The molecule has 6 heteroatoms. The van der Waals surface area contributed by atoms with Crippen molar-refractivity contribution in [3.05, 3.63) is 64.7 Å². The number of nitrogens with one attached hydrogen (secondary N) is 1. The van der Waals surface area contributed by atoms with Crippen LogP contribution in [-0.4, -0.2) is 42.5 Å². The summed E-state index contributed by atoms with van der Waals surface area (Å²) in [6, 6.07) is 15.4. The molecule has 5 nitrogen and oxygen atoms in total. The van der Waals surface area contributed by atoms with E-state index in [9.17, 15) is 4.79 Å². The highest BCUT2D eigenvalue weighted by molar-refractivity contribution is 6.31. The van der Waals surface area contributed by atoms with Crippen molar-refractivity contribution in [3.8, 4) is 5.75 Å². The Morgan fingerprint density at radius 3 is 2.93 bits per heavy atom. The number of anilines is 1. The Morgan fingerprint density at radius 1 is 1.24 bits per heavy atom. The molecule has 1 aliphatic heterocycles. The molecular formula is C23H24ClN3O2. The summed E-state index contributed by atoms with van der Waals surface area (Å²) < 4.78 is 5.38. The molecule has 1 atom stereocenters. The first-order valence-corrected chi connectivity index (χ1v) is 10.2. The summed E-state index contributed by atoms with van der Waals surface area (Å²) in [5, 5.41) is 5.15. The molecule has 1 unspecified atom stereocenters. The number of amides is 1. The van der Waals surface area contributed by atoms with Crippen molar-refractivity contribution in [2.45, 2.75) is 13.3 Å². The fraction of sp³-hybridized carbons (Fsp3) is 0.304. The molecular weight excluding hydrogens is 386 g/mol. The molecule has 1 fully saturated rings. The molecule has 1 aliphatic rings. The number of rotatable bonds is 5. The van der Waals surface area contributed by atoms with Crippen molar-refractivity contribution in [1.82, 2.24) is 9.88 Å². The predicted molar refractivity (Wildman–Crippen MR) is 117 cm³/mol. The van der Waals surface area contributed by atoms with Crippen LogP contribution in [0.15, 0.2) is 48.5 Å². The number of halogens is 1. The summed E-state index contributed by atoms with van der Waals surface area (Å²) in [7, 11) is 1.60. The Morgan fingerprint density at radius 2 is 2.10 bits per heavy atom. The quantitative estimate of drug-likeness (QED) is 0.658. The highest BCUT2D eigenvalue weighted by Gasteiger charge is 2.28. The average molecular weight is 410 g/mol. The number of ether oxygens (including phenoxy) is 1. The van der Waals surface area contributed by atoms with E-state index in [1.807, 2.05) is 60.4 Å². The van der Waals surface area contributed by atoms with Gasteiger partial charge in [-0.25, -0.2) is 4.98 Å². The van der Waals surface area contributed by atoms with E-state index in [1.165, 1.54) is 0 Å². The van der Waals surface area contributed by atoms with Crippen LogP contribution in [0, 0.1) is 12.8 Å². The van der Waals surface area contributed by atoms with Gasteiger partial charge in [-0.15, -0.1) is 0 Å². The molecule has 4 rings (SSSR count). The van der Waals surface area contributed by atoms with E-state index in [-0.39, 0.29) is 5.91 Å². The second kappa shape index (κ2) is 8.29. The zero-order chi connectivity index (χ0) is 20.4. The molecule has 1 amide bonds. The van der Waals surface area contributed by atoms with Crippen LogP contribution in [0.1, 0.15) is 22.3 Å². The molecule has 1 saturated heterocycles. The van der Waals surface area contributed by atoms with Gasteiger partial charge in [-0.2, -0.15) is 0 Å². The van der Waals surface area contributed by atoms with E-state index in [4.69, 9.17) is 16.3 Å². The maximum Gasteiger partial charge on any atom is 0.257 e. The minimum atomic E-state index is 0.0359. The lowest BCUT2D eigenvalue weighted by Gasteiger charge is -2.19. The highest BCUT2D eigenvalue weighted by atomic mass is 35.5. The van der Waals surface area contributed by atoms with Gasteiger partial charge < -0.3 is 15.0 Å². The van der Waals surface area contributed by atoms with Gasteiger partial charge in [-0.3, -0.25) is 4.79 Å². The summed E-state index contributed by atoms with van der Waals surface area (Å²) in [6.07, 6.45) is 0.968. The molecule has 3 aromatic rings. The van der Waals surface area contributed by atoms with Gasteiger partial charge in [0.1, 0.15) is 11.6 Å². The van der Waals surface area contributed by atoms with Gasteiger partial charge in [0.2, 0.25) is 0 Å². The number of fused-ring (bicyclic) bond motifs is 1. The molecule has 29 heavy (non-hydrogen) atoms. The Hall–Kier alpha value is -2.79. The number of benzene rings is 2. The van der Waals surface area contributed by atoms with E-state index in [2.05, 4.69) is 10.3 Å². The number of nitrogens with zero attached hydrogens (tertiary/aromatic N) is 2. The van der Waals surface area contributed by atoms with Crippen LogP contribution in [0.25, 0.3) is 10.9 Å². The van der Waals surface area contributed by atoms with E-state index in [0.717, 1.165) is 48.3 Å². The minimum Gasteiger partial charge on any atom is -0.496 e. The van der Waals surface area contributed by atoms with Gasteiger partial charge in [0.05, 0.1) is 18.2 Å². The molecule has 2 aromatic carbocycles. The molecule has 1 N–H and O–H groups in total. The number of likely N-dealkylation sites (tertiary alicyclic amines) is 1. The molecule has 0 aliphatic carbocycles. The third-order valence-electron chi connectivity index (χ3n) is 5.38. The maximum atomic E-state index is 13.0. The van der Waals surface area contributed by atoms with Crippen molar-refractivity contribution in [2.24, 2.45) is 5.92 Å². The summed E-state index contributed by atoms with van der Waals surface area (Å²) in [5.41, 5.74) is 2.60. The second-order valence-electron chi connectivity index (χ2n) is 7.52. The van der Waals surface area contributed by atoms with Crippen LogP contribution in [-0.2, 0) is 0 Å². The Balaban J connectivity index is 1.38. The number of hydrogen-bond acceptors (Lipinski definition) is 4. The van der Waals surface area contributed by atoms with Crippen molar-refractivity contribution in [2.75, 3.05) is 32.1 Å². The van der Waals surface area contributed by atoms with E-state index in [1.54, 1.807) is 7.11 Å². The first-order chi connectivity index (χ1) is 14.0. The first-order valence-electron chi connectivity index (χ1n) is 9.77. The zero-order valence-electron chi connectivity index (χ0n) is 16.6. The Bertz CT molecular complexity index is 1050. The predicted octanol–water partition coefficient (Wildman–Crippen LogP) is 4.78. The summed E-state index contributed by atoms with van der Waals surface area (Å²) in [6.45, 7) is 4.25. The van der Waals surface area contributed by atoms with Crippen LogP contribution < -0.4 is 10.1 Å². The van der Waals surface area contributed by atoms with Gasteiger partial charge in [0, 0.05) is 30.0 Å². The van der Waals surface area contributed by atoms with Crippen molar-refractivity contribution in [1.29, 1.82) is 0 Å². The van der Waals surface area contributed by atoms with Crippen molar-refractivity contribution < 1.29 is 9.53 Å². The molecule has 1 aromatic heterocycles. The molecule has 0 bridgehead atoms. The van der Waals surface area contributed by atoms with E-state index < -0.39 is 0 Å². The minimum absolute atomic E-state index is 0.0359. The van der Waals surface area contributed by atoms with E-state index >= 15 is 0 Å². The lowest BCUT2D eigenvalue weighted by Crippen LogP contribution is -2.30. The Labute approximate surface area is 175 Å². The number of hydrogen-bond donors (Lipinski definition) is 1. The molecule has 2 heterocycles. The van der Waals surface area contributed by atoms with Gasteiger partial charge in [-0.1, -0.05) is 23.2 Å². The largest absolute Gasteiger partial charge is 0.496 e. The van der Waals surface area contributed by atoms with Crippen LogP contribution in [0.4, 0.5) is 5.82 Å². The van der Waals surface area contributed by atoms with Crippen LogP contribution in [0.2, 0.25) is 5.02 Å². The monoisotopic (exact) mass is 409 g/mol. The smallest absolute Gasteiger partial charge is 0.257 e. The SMILES string of the molecule is COc1ccc(C)cc1C(=O)N1CCC(CNc2ccc3cc(Cl)ccc3n2)C1. The van der Waals surface area contributed by atoms with Crippen molar-refractivity contribution >= 4 is 34.2 Å². The van der Waals surface area contributed by atoms with Crippen LogP contribution >= 0.6 is 11.6 Å². The first kappa shape index (κ1) is 19.5. The number of methoxy groups -OCH3 is 1. The van der Waals surface area contributed by atoms with Gasteiger partial charge in [-0.05, 0) is 61.7 Å². The molecule has 0 radical (unpaired) electrons. The average Bonchev–Trinajstić information content (AvgIpc) is 3.20. The van der Waals surface area contributed by atoms with Gasteiger partial charge in [0.25, 0.3) is 5.91 Å². The number of carbonyl (C=O) groups excluding carboxylic acids is 1. The number of aryl methyl sites for hydroxylation is 1. The fourth-order valence-electron chi connectivity index (χ4n) is 3.79. The third-order valence-corrected chi connectivity index (χ3v) is 5.62. The lowest BCUT2D eigenvalue weighted by atomic mass is 10.1. The van der Waals surface area contributed by atoms with Crippen molar-refractivity contribution in [3.63, 3.8) is 0 Å². The lowest BCUT2D eigenvalue weighted by molar-refractivity contribution is 0.0784. The van der Waals surface area contributed by atoms with Crippen LogP contribution in [0.3, 0.4) is 0 Å². The molecule has 0 spiro atoms. The maximum absolute atomic E-state index is 13.0. The van der Waals surface area contributed by atoms with Gasteiger partial charge >= 0.3 is 0 Å². The zero-order valence-corrected chi connectivity index (χ0v) is 17.4. The standard InChI is InChI=1S/C23H24ClN3O2/c1-15-3-7-21(29-2)19(11-15)23(28)27-10-9-16(14-27)13-25-22-8-4-17-12-18(24)5-6-20(17)26-22/h3-8,11-12,16H,9-10,13-14H2,1-2H3,(H,25,26). The number of aromatic nitrogens is 1. The summed E-state index contributed by atoms with van der Waals surface area (Å²) in [4.78, 5) is 19.5. The summed E-state index contributed by atoms with van der Waals surface area (Å²) in [5.74, 6) is 1.89. The second-order valence-corrected chi connectivity index (χ2v) is 7.96. The normalized spacial score (nSPS) is 16.2. The molecule has 0 saturated carbocycles. The highest BCUT2D eigenvalue weighted by Crippen LogP contribution is 2.26. The van der Waals surface area contributed by atoms with Gasteiger partial charge in [0.15, 0.2) is 0 Å². The topological polar surface area (TPSA) is 54.5 Å². The van der Waals surface area contributed by atoms with Crippen LogP contribution in [0.5, 0.6) is 5.75 Å². The summed E-state index contributed by atoms with van der Waals surface area (Å²) >= 11 is 6.03. The molecule has 150 valence electrons. The van der Waals surface area contributed by atoms with E-state index in [0.29, 0.717) is 22.3 Å². The Kier molecular flexibility index (Phi) is 5.58. The third kappa shape index (κ3) is 4.30.